The maximum atomic E-state index is 6.49. The van der Waals surface area contributed by atoms with Crippen LogP contribution in [0.15, 0.2) is 470 Å². The van der Waals surface area contributed by atoms with Crippen LogP contribution in [0.5, 0.6) is 0 Å². The topological polar surface area (TPSA) is 32.8 Å². The molecular formula is C118H76N2O2. The van der Waals surface area contributed by atoms with E-state index in [-0.39, 0.29) is 0 Å². The number of hydrogen-bond donors (Lipinski definition) is 0. The first-order valence-electron chi connectivity index (χ1n) is 41.8. The number of rotatable bonds is 16. The molecule has 0 aliphatic carbocycles. The minimum Gasteiger partial charge on any atom is -0.456 e. The van der Waals surface area contributed by atoms with Gasteiger partial charge in [0.15, 0.2) is 0 Å². The van der Waals surface area contributed by atoms with Crippen LogP contribution in [-0.2, 0) is 0 Å². The maximum absolute atomic E-state index is 6.49. The Morgan fingerprint density at radius 1 is 0.131 bits per heavy atom. The quantitative estimate of drug-likeness (QED) is 0.0965. The summed E-state index contributed by atoms with van der Waals surface area (Å²) in [5.41, 5.74) is 32.7. The summed E-state index contributed by atoms with van der Waals surface area (Å²) in [7, 11) is 0. The number of para-hydroxylation sites is 3. The Balaban J connectivity index is 0.595. The zero-order valence-electron chi connectivity index (χ0n) is 66.6. The van der Waals surface area contributed by atoms with Gasteiger partial charge in [0.25, 0.3) is 0 Å². The molecule has 0 aliphatic rings. The highest BCUT2D eigenvalue weighted by atomic mass is 16.3. The Bertz CT molecular complexity index is 7950. The van der Waals surface area contributed by atoms with Crippen molar-refractivity contribution in [1.29, 1.82) is 0 Å². The van der Waals surface area contributed by atoms with Crippen LogP contribution in [0.1, 0.15) is 0 Å². The van der Waals surface area contributed by atoms with Crippen molar-refractivity contribution in [2.45, 2.75) is 0 Å². The summed E-state index contributed by atoms with van der Waals surface area (Å²) in [4.78, 5) is 4.85. The lowest BCUT2D eigenvalue weighted by molar-refractivity contribution is 0.668. The second-order valence-electron chi connectivity index (χ2n) is 31.8. The Kier molecular flexibility index (Phi) is 17.6. The van der Waals surface area contributed by atoms with E-state index in [2.05, 4.69) is 453 Å². The number of hydrogen-bond acceptors (Lipinski definition) is 4. The fourth-order valence-corrected chi connectivity index (χ4v) is 18.5. The molecule has 0 unspecified atom stereocenters. The lowest BCUT2D eigenvalue weighted by Gasteiger charge is -2.29. The van der Waals surface area contributed by atoms with E-state index >= 15 is 0 Å². The molecule has 4 heteroatoms. The highest BCUT2D eigenvalue weighted by Crippen LogP contribution is 2.49. The summed E-state index contributed by atoms with van der Waals surface area (Å²) in [6, 6.07) is 169. The van der Waals surface area contributed by atoms with Gasteiger partial charge in [-0.05, 0) is 252 Å². The molecule has 122 heavy (non-hydrogen) atoms. The predicted molar refractivity (Wildman–Crippen MR) is 515 cm³/mol. The van der Waals surface area contributed by atoms with Gasteiger partial charge >= 0.3 is 0 Å². The van der Waals surface area contributed by atoms with Crippen molar-refractivity contribution in [3.8, 4) is 111 Å². The normalized spacial score (nSPS) is 11.6. The van der Waals surface area contributed by atoms with Gasteiger partial charge < -0.3 is 18.6 Å². The van der Waals surface area contributed by atoms with Crippen LogP contribution in [0.4, 0.5) is 34.1 Å². The van der Waals surface area contributed by atoms with Gasteiger partial charge in [-0.2, -0.15) is 0 Å². The molecule has 0 radical (unpaired) electrons. The Hall–Kier alpha value is -16.1. The van der Waals surface area contributed by atoms with E-state index < -0.39 is 0 Å². The van der Waals surface area contributed by atoms with E-state index in [0.29, 0.717) is 0 Å². The third kappa shape index (κ3) is 13.0. The molecule has 2 heterocycles. The molecule has 2 aromatic heterocycles. The van der Waals surface area contributed by atoms with Gasteiger partial charge in [-0.1, -0.05) is 352 Å². The SMILES string of the molecule is c1ccc(N(c2ccc(-c3ccc(-c4ccc5ccccc5c4)cc3)cc2)c2ccc(-c3ccc(-c4ccc(-c5ccc(-c6ccc7oc8ccccc8c7c6)c(N(c6ccc(-c7ccc(-c8ccc9ccccc9c8)cc7)cc6)c6ccc(-c7cccc8ccccc78)cc6)c5)c5ccccc45)cc3)cc2)c(-c2ccc3oc4ccccc4c3c2)c1. The lowest BCUT2D eigenvalue weighted by atomic mass is 9.90. The van der Waals surface area contributed by atoms with E-state index in [0.717, 1.165) is 156 Å². The van der Waals surface area contributed by atoms with Gasteiger partial charge in [-0.25, -0.2) is 0 Å². The van der Waals surface area contributed by atoms with Gasteiger partial charge in [-0.3, -0.25) is 0 Å². The Morgan fingerprint density at radius 3 is 0.885 bits per heavy atom. The molecule has 0 saturated carbocycles. The Morgan fingerprint density at radius 2 is 0.410 bits per heavy atom. The van der Waals surface area contributed by atoms with Gasteiger partial charge in [0.05, 0.1) is 11.4 Å². The number of nitrogens with zero attached hydrogens (tertiary/aromatic N) is 2. The molecule has 0 N–H and O–H groups in total. The highest BCUT2D eigenvalue weighted by Gasteiger charge is 2.24. The molecule has 0 fully saturated rings. The predicted octanol–water partition coefficient (Wildman–Crippen LogP) is 33.7. The largest absolute Gasteiger partial charge is 0.456 e. The lowest BCUT2D eigenvalue weighted by Crippen LogP contribution is -2.11. The monoisotopic (exact) mass is 1550 g/mol. The molecule has 0 atom stereocenters. The van der Waals surface area contributed by atoms with Crippen molar-refractivity contribution in [3.63, 3.8) is 0 Å². The van der Waals surface area contributed by atoms with Crippen LogP contribution in [-0.4, -0.2) is 0 Å². The van der Waals surface area contributed by atoms with Crippen LogP contribution < -0.4 is 9.80 Å². The molecule has 0 amide bonds. The molecule has 570 valence electrons. The van der Waals surface area contributed by atoms with Crippen LogP contribution in [0.3, 0.4) is 0 Å². The summed E-state index contributed by atoms with van der Waals surface area (Å²) in [5.74, 6) is 0. The molecule has 23 aromatic rings. The van der Waals surface area contributed by atoms with Crippen molar-refractivity contribution in [3.05, 3.63) is 461 Å². The van der Waals surface area contributed by atoms with E-state index in [1.54, 1.807) is 0 Å². The molecule has 0 bridgehead atoms. The second kappa shape index (κ2) is 30.1. The molecule has 21 aromatic carbocycles. The van der Waals surface area contributed by atoms with Crippen molar-refractivity contribution in [2.24, 2.45) is 0 Å². The summed E-state index contributed by atoms with van der Waals surface area (Å²) < 4.78 is 12.8. The standard InChI is InChI=1S/C118H76N2O2/c1-3-19-90-72-92(46-42-77(90)16-1)85-36-32-79(33-37-85)82-48-59-97(60-49-82)119(113-29-12-9-23-105(113)94-57-70-117-111(74-94)109-26-10-13-30-115(109)121-117)98-61-50-84(51-62-98)81-40-44-88(45-41-81)103-68-69-104(108-25-8-7-24-107(103)108)96-56-67-106(95-58-71-118-112(75-95)110-27-11-14-31-116(110)122-118)114(76-96)120(100-65-54-89(55-66-100)102-28-15-21-87-18-5-6-22-101(87)102)99-63-52-83(53-64-99)80-34-38-86(39-35-80)93-47-43-78-17-2-4-20-91(78)73-93/h1-76H. The zero-order chi connectivity index (χ0) is 80.6. The number of fused-ring (bicyclic) bond motifs is 10. The first kappa shape index (κ1) is 71.2. The van der Waals surface area contributed by atoms with Gasteiger partial charge in [0.2, 0.25) is 0 Å². The highest BCUT2D eigenvalue weighted by molar-refractivity contribution is 6.11. The van der Waals surface area contributed by atoms with Crippen molar-refractivity contribution < 1.29 is 8.83 Å². The van der Waals surface area contributed by atoms with Gasteiger partial charge in [0.1, 0.15) is 22.3 Å². The second-order valence-corrected chi connectivity index (χ2v) is 31.8. The number of anilines is 6. The molecular weight excluding hydrogens is 1480 g/mol. The van der Waals surface area contributed by atoms with Crippen molar-refractivity contribution in [2.75, 3.05) is 9.80 Å². The van der Waals surface area contributed by atoms with Crippen molar-refractivity contribution in [1.82, 2.24) is 0 Å². The van der Waals surface area contributed by atoms with Crippen molar-refractivity contribution >= 4 is 121 Å². The third-order valence-corrected chi connectivity index (χ3v) is 24.7. The van der Waals surface area contributed by atoms with Crippen LogP contribution in [0.25, 0.3) is 198 Å². The van der Waals surface area contributed by atoms with E-state index in [9.17, 15) is 0 Å². The van der Waals surface area contributed by atoms with Gasteiger partial charge in [-0.15, -0.1) is 0 Å². The van der Waals surface area contributed by atoms with E-state index in [4.69, 9.17) is 8.83 Å². The first-order valence-corrected chi connectivity index (χ1v) is 41.8. The van der Waals surface area contributed by atoms with Crippen LogP contribution >= 0.6 is 0 Å². The van der Waals surface area contributed by atoms with Crippen LogP contribution in [0.2, 0.25) is 0 Å². The van der Waals surface area contributed by atoms with Crippen LogP contribution in [0, 0.1) is 0 Å². The molecule has 4 nitrogen and oxygen atoms in total. The summed E-state index contributed by atoms with van der Waals surface area (Å²) in [6.45, 7) is 0. The Labute approximate surface area is 707 Å². The maximum Gasteiger partial charge on any atom is 0.135 e. The number of benzene rings is 21. The minimum absolute atomic E-state index is 0.857. The molecule has 0 spiro atoms. The summed E-state index contributed by atoms with van der Waals surface area (Å²) in [5, 5.41) is 14.1. The average Bonchev–Trinajstić information content (AvgIpc) is 1.51. The fraction of sp³-hybridized carbons (Fsp3) is 0. The van der Waals surface area contributed by atoms with E-state index in [1.165, 1.54) is 76.5 Å². The van der Waals surface area contributed by atoms with E-state index in [1.807, 2.05) is 18.2 Å². The summed E-state index contributed by atoms with van der Waals surface area (Å²) >= 11 is 0. The van der Waals surface area contributed by atoms with Gasteiger partial charge in [0, 0.05) is 55.4 Å². The molecule has 23 rings (SSSR count). The molecule has 0 aliphatic heterocycles. The number of furan rings is 2. The first-order chi connectivity index (χ1) is 60.4. The smallest absolute Gasteiger partial charge is 0.135 e. The third-order valence-electron chi connectivity index (χ3n) is 24.7. The summed E-state index contributed by atoms with van der Waals surface area (Å²) in [6.07, 6.45) is 0. The minimum atomic E-state index is 0.857. The zero-order valence-corrected chi connectivity index (χ0v) is 66.6. The molecule has 0 saturated heterocycles. The average molecular weight is 1550 g/mol. The fourth-order valence-electron chi connectivity index (χ4n) is 18.5.